The van der Waals surface area contributed by atoms with Gasteiger partial charge in [0.1, 0.15) is 22.3 Å². The van der Waals surface area contributed by atoms with Crippen molar-refractivity contribution in [3.05, 3.63) is 157 Å². The number of hydrogen-bond acceptors (Lipinski definition) is 4. The second-order valence-corrected chi connectivity index (χ2v) is 11.9. The van der Waals surface area contributed by atoms with Crippen LogP contribution in [0.4, 0.5) is 0 Å². The van der Waals surface area contributed by atoms with E-state index in [1.807, 2.05) is 60.7 Å². The molecule has 0 saturated carbocycles. The summed E-state index contributed by atoms with van der Waals surface area (Å²) in [6, 6.07) is 53.5. The van der Waals surface area contributed by atoms with E-state index in [4.69, 9.17) is 8.83 Å². The van der Waals surface area contributed by atoms with E-state index in [0.717, 1.165) is 88.4 Å². The van der Waals surface area contributed by atoms with Crippen LogP contribution in [0.5, 0.6) is 0 Å². The molecule has 0 fully saturated rings. The molecule has 0 saturated heterocycles. The molecule has 0 radical (unpaired) electrons. The predicted molar refractivity (Wildman–Crippen MR) is 192 cm³/mol. The molecule has 222 valence electrons. The number of para-hydroxylation sites is 2. The molecule has 0 aliphatic heterocycles. The SMILES string of the molecule is N#Cc1ccc(-c2cc(-c3ccc4oc5ccccc5c4c3)c(-c3ccccc3)c(-c3ccc4oc5ccccc5c4c3)c2)c(C#N)c1. The lowest BCUT2D eigenvalue weighted by Crippen LogP contribution is -1.94. The maximum atomic E-state index is 10.2. The minimum absolute atomic E-state index is 0.450. The van der Waals surface area contributed by atoms with Crippen molar-refractivity contribution in [2.75, 3.05) is 0 Å². The highest BCUT2D eigenvalue weighted by Gasteiger charge is 2.20. The molecule has 0 aliphatic carbocycles. The minimum atomic E-state index is 0.450. The second-order valence-electron chi connectivity index (χ2n) is 11.9. The van der Waals surface area contributed by atoms with Crippen LogP contribution >= 0.6 is 0 Å². The molecule has 0 N–H and O–H groups in total. The van der Waals surface area contributed by atoms with Gasteiger partial charge in [-0.05, 0) is 105 Å². The Balaban J connectivity index is 1.40. The molecule has 48 heavy (non-hydrogen) atoms. The highest BCUT2D eigenvalue weighted by atomic mass is 16.3. The lowest BCUT2D eigenvalue weighted by Gasteiger charge is -2.19. The summed E-state index contributed by atoms with van der Waals surface area (Å²) < 4.78 is 12.4. The van der Waals surface area contributed by atoms with Gasteiger partial charge in [-0.25, -0.2) is 0 Å². The monoisotopic (exact) mass is 612 g/mol. The van der Waals surface area contributed by atoms with E-state index in [1.54, 1.807) is 12.1 Å². The van der Waals surface area contributed by atoms with Crippen LogP contribution in [0, 0.1) is 22.7 Å². The van der Waals surface area contributed by atoms with Gasteiger partial charge in [-0.1, -0.05) is 84.9 Å². The van der Waals surface area contributed by atoms with Crippen molar-refractivity contribution >= 4 is 43.9 Å². The first kappa shape index (κ1) is 27.4. The molecule has 4 heteroatoms. The smallest absolute Gasteiger partial charge is 0.135 e. The van der Waals surface area contributed by atoms with Crippen LogP contribution < -0.4 is 0 Å². The Morgan fingerprint density at radius 2 is 0.917 bits per heavy atom. The molecule has 0 spiro atoms. The van der Waals surface area contributed by atoms with Gasteiger partial charge in [0.15, 0.2) is 0 Å². The van der Waals surface area contributed by atoms with E-state index >= 15 is 0 Å². The predicted octanol–water partition coefficient (Wildman–Crippen LogP) is 11.9. The van der Waals surface area contributed by atoms with Gasteiger partial charge in [-0.15, -0.1) is 0 Å². The van der Waals surface area contributed by atoms with Crippen LogP contribution in [0.2, 0.25) is 0 Å². The summed E-state index contributed by atoms with van der Waals surface area (Å²) in [5.41, 5.74) is 12.1. The first-order chi connectivity index (χ1) is 23.7. The second kappa shape index (κ2) is 10.9. The average molecular weight is 613 g/mol. The zero-order valence-electron chi connectivity index (χ0n) is 25.6. The highest BCUT2D eigenvalue weighted by Crippen LogP contribution is 2.46. The van der Waals surface area contributed by atoms with Gasteiger partial charge in [-0.3, -0.25) is 0 Å². The van der Waals surface area contributed by atoms with E-state index in [1.165, 1.54) is 0 Å². The normalized spacial score (nSPS) is 11.3. The Bertz CT molecular complexity index is 2670. The fraction of sp³-hybridized carbons (Fsp3) is 0. The maximum absolute atomic E-state index is 10.2. The Kier molecular flexibility index (Phi) is 6.22. The summed E-state index contributed by atoms with van der Waals surface area (Å²) in [6.07, 6.45) is 0. The summed E-state index contributed by atoms with van der Waals surface area (Å²) in [6.45, 7) is 0. The molecule has 0 unspecified atom stereocenters. The van der Waals surface area contributed by atoms with Crippen LogP contribution in [0.1, 0.15) is 11.1 Å². The van der Waals surface area contributed by atoms with E-state index in [9.17, 15) is 10.5 Å². The fourth-order valence-corrected chi connectivity index (χ4v) is 6.91. The van der Waals surface area contributed by atoms with Gasteiger partial charge in [0.25, 0.3) is 0 Å². The van der Waals surface area contributed by atoms with Gasteiger partial charge in [0.05, 0.1) is 23.3 Å². The lowest BCUT2D eigenvalue weighted by atomic mass is 9.83. The van der Waals surface area contributed by atoms with Crippen molar-refractivity contribution < 1.29 is 8.83 Å². The third-order valence-electron chi connectivity index (χ3n) is 9.16. The van der Waals surface area contributed by atoms with Gasteiger partial charge in [-0.2, -0.15) is 10.5 Å². The van der Waals surface area contributed by atoms with Crippen LogP contribution in [0.15, 0.2) is 154 Å². The first-order valence-corrected chi connectivity index (χ1v) is 15.7. The Morgan fingerprint density at radius 3 is 1.48 bits per heavy atom. The number of rotatable bonds is 4. The Morgan fingerprint density at radius 1 is 0.375 bits per heavy atom. The highest BCUT2D eigenvalue weighted by molar-refractivity contribution is 6.09. The van der Waals surface area contributed by atoms with Crippen LogP contribution in [0.3, 0.4) is 0 Å². The number of benzene rings is 7. The number of furan rings is 2. The molecular formula is C44H24N2O2. The largest absolute Gasteiger partial charge is 0.456 e. The fourth-order valence-electron chi connectivity index (χ4n) is 6.91. The average Bonchev–Trinajstić information content (AvgIpc) is 3.72. The molecule has 7 aromatic carbocycles. The van der Waals surface area contributed by atoms with Gasteiger partial charge in [0.2, 0.25) is 0 Å². The molecule has 0 atom stereocenters. The van der Waals surface area contributed by atoms with Crippen LogP contribution in [-0.4, -0.2) is 0 Å². The van der Waals surface area contributed by atoms with E-state index in [0.29, 0.717) is 11.1 Å². The molecular weight excluding hydrogens is 588 g/mol. The van der Waals surface area contributed by atoms with E-state index in [-0.39, 0.29) is 0 Å². The molecule has 9 aromatic rings. The Labute approximate surface area is 275 Å². The topological polar surface area (TPSA) is 73.9 Å². The van der Waals surface area contributed by atoms with Crippen molar-refractivity contribution in [2.24, 2.45) is 0 Å². The summed E-state index contributed by atoms with van der Waals surface area (Å²) in [4.78, 5) is 0. The van der Waals surface area contributed by atoms with Gasteiger partial charge >= 0.3 is 0 Å². The summed E-state index contributed by atoms with van der Waals surface area (Å²) >= 11 is 0. The standard InChI is InChI=1S/C44H24N2O2/c45-25-27-14-17-33(32(20-27)26-46)31-23-36(29-15-18-42-38(21-29)34-10-4-6-12-40(34)47-42)44(28-8-2-1-3-9-28)37(24-31)30-16-19-43-39(22-30)35-11-5-7-13-41(35)48-43/h1-24H. The molecule has 0 bridgehead atoms. The van der Waals surface area contributed by atoms with E-state index in [2.05, 4.69) is 84.9 Å². The van der Waals surface area contributed by atoms with E-state index < -0.39 is 0 Å². The summed E-state index contributed by atoms with van der Waals surface area (Å²) in [5, 5.41) is 24.0. The van der Waals surface area contributed by atoms with Gasteiger partial charge in [0, 0.05) is 21.5 Å². The minimum Gasteiger partial charge on any atom is -0.456 e. The molecule has 9 rings (SSSR count). The first-order valence-electron chi connectivity index (χ1n) is 15.7. The zero-order chi connectivity index (χ0) is 32.2. The van der Waals surface area contributed by atoms with Crippen molar-refractivity contribution in [1.29, 1.82) is 10.5 Å². The number of nitrogens with zero attached hydrogens (tertiary/aromatic N) is 2. The quantitative estimate of drug-likeness (QED) is 0.198. The van der Waals surface area contributed by atoms with Crippen molar-refractivity contribution in [3.8, 4) is 56.6 Å². The third-order valence-corrected chi connectivity index (χ3v) is 9.16. The number of nitriles is 2. The molecule has 0 aliphatic rings. The lowest BCUT2D eigenvalue weighted by molar-refractivity contribution is 0.668. The van der Waals surface area contributed by atoms with Crippen molar-refractivity contribution in [3.63, 3.8) is 0 Å². The Hall–Kier alpha value is -6.88. The molecule has 2 heterocycles. The zero-order valence-corrected chi connectivity index (χ0v) is 25.6. The molecule has 0 amide bonds. The van der Waals surface area contributed by atoms with Crippen LogP contribution in [0.25, 0.3) is 88.4 Å². The summed E-state index contributed by atoms with van der Waals surface area (Å²) in [7, 11) is 0. The van der Waals surface area contributed by atoms with Gasteiger partial charge < -0.3 is 8.83 Å². The molecule has 4 nitrogen and oxygen atoms in total. The summed E-state index contributed by atoms with van der Waals surface area (Å²) in [5.74, 6) is 0. The number of hydrogen-bond donors (Lipinski definition) is 0. The van der Waals surface area contributed by atoms with Crippen LogP contribution in [-0.2, 0) is 0 Å². The van der Waals surface area contributed by atoms with Crippen molar-refractivity contribution in [1.82, 2.24) is 0 Å². The molecule has 2 aromatic heterocycles. The number of fused-ring (bicyclic) bond motifs is 6. The maximum Gasteiger partial charge on any atom is 0.135 e. The van der Waals surface area contributed by atoms with Crippen molar-refractivity contribution in [2.45, 2.75) is 0 Å². The third kappa shape index (κ3) is 4.36.